The molecule has 0 saturated carbocycles. The van der Waals surface area contributed by atoms with Crippen molar-refractivity contribution < 1.29 is 9.13 Å². The minimum atomic E-state index is -0.260. The molecule has 0 aliphatic rings. The summed E-state index contributed by atoms with van der Waals surface area (Å²) in [6.45, 7) is 10.2. The van der Waals surface area contributed by atoms with Crippen molar-refractivity contribution in [1.82, 2.24) is 5.32 Å². The van der Waals surface area contributed by atoms with Gasteiger partial charge in [-0.1, -0.05) is 17.7 Å². The van der Waals surface area contributed by atoms with Crippen LogP contribution in [0.3, 0.4) is 0 Å². The number of halogens is 2. The van der Waals surface area contributed by atoms with Gasteiger partial charge in [0.1, 0.15) is 5.82 Å². The molecule has 4 heteroatoms. The van der Waals surface area contributed by atoms with Crippen LogP contribution in [0, 0.1) is 12.7 Å². The van der Waals surface area contributed by atoms with Crippen LogP contribution in [0.5, 0.6) is 0 Å². The molecule has 0 aliphatic carbocycles. The summed E-state index contributed by atoms with van der Waals surface area (Å²) in [5, 5.41) is 3.82. The molecule has 0 radical (unpaired) electrons. The van der Waals surface area contributed by atoms with E-state index in [1.54, 1.807) is 13.0 Å². The first-order valence-electron chi connectivity index (χ1n) is 6.57. The average Bonchev–Trinajstić information content (AvgIpc) is 2.28. The summed E-state index contributed by atoms with van der Waals surface area (Å²) in [4.78, 5) is 0. The summed E-state index contributed by atoms with van der Waals surface area (Å²) in [5.41, 5.74) is 1.67. The van der Waals surface area contributed by atoms with Crippen molar-refractivity contribution >= 4 is 11.6 Å². The monoisotopic (exact) mass is 287 g/mol. The predicted molar refractivity (Wildman–Crippen MR) is 78.4 cm³/mol. The molecule has 0 saturated heterocycles. The summed E-state index contributed by atoms with van der Waals surface area (Å²) >= 11 is 5.99. The predicted octanol–water partition coefficient (Wildman–Crippen LogP) is 3.73. The Balaban J connectivity index is 2.28. The van der Waals surface area contributed by atoms with Gasteiger partial charge in [0.2, 0.25) is 0 Å². The molecular formula is C15H23ClFNO. The fourth-order valence-electron chi connectivity index (χ4n) is 1.69. The number of hydrogen-bond donors (Lipinski definition) is 1. The highest BCUT2D eigenvalue weighted by atomic mass is 35.5. The maximum absolute atomic E-state index is 13.2. The third kappa shape index (κ3) is 6.37. The number of ether oxygens (including phenoxy) is 1. The molecule has 0 amide bonds. The summed E-state index contributed by atoms with van der Waals surface area (Å²) in [5.74, 6) is -0.260. The molecule has 1 rings (SSSR count). The minimum absolute atomic E-state index is 0.112. The molecule has 0 heterocycles. The molecule has 1 N–H and O–H groups in total. The van der Waals surface area contributed by atoms with Gasteiger partial charge in [0.05, 0.1) is 13.2 Å². The zero-order chi connectivity index (χ0) is 14.5. The van der Waals surface area contributed by atoms with Crippen LogP contribution in [0.2, 0.25) is 5.02 Å². The minimum Gasteiger partial charge on any atom is -0.380 e. The number of nitrogens with one attached hydrogen (secondary N) is 1. The number of aryl methyl sites for hydroxylation is 1. The third-order valence-corrected chi connectivity index (χ3v) is 3.10. The van der Waals surface area contributed by atoms with Crippen LogP contribution in [0.25, 0.3) is 0 Å². The van der Waals surface area contributed by atoms with E-state index in [9.17, 15) is 4.39 Å². The summed E-state index contributed by atoms with van der Waals surface area (Å²) < 4.78 is 18.8. The summed E-state index contributed by atoms with van der Waals surface area (Å²) in [6, 6.07) is 3.15. The molecule has 2 nitrogen and oxygen atoms in total. The Labute approximate surface area is 120 Å². The number of benzene rings is 1. The second-order valence-electron chi connectivity index (χ2n) is 5.73. The van der Waals surface area contributed by atoms with Crippen molar-refractivity contribution in [3.8, 4) is 0 Å². The van der Waals surface area contributed by atoms with Crippen molar-refractivity contribution in [1.29, 1.82) is 0 Å². The van der Waals surface area contributed by atoms with Gasteiger partial charge in [-0.15, -0.1) is 0 Å². The first-order valence-corrected chi connectivity index (χ1v) is 6.95. The third-order valence-electron chi connectivity index (χ3n) is 2.75. The van der Waals surface area contributed by atoms with E-state index in [1.165, 1.54) is 6.07 Å². The Kier molecular flexibility index (Phi) is 6.24. The van der Waals surface area contributed by atoms with Gasteiger partial charge < -0.3 is 10.1 Å². The van der Waals surface area contributed by atoms with E-state index in [2.05, 4.69) is 26.1 Å². The Morgan fingerprint density at radius 1 is 1.26 bits per heavy atom. The smallest absolute Gasteiger partial charge is 0.127 e. The number of hydrogen-bond acceptors (Lipinski definition) is 2. The van der Waals surface area contributed by atoms with Gasteiger partial charge in [0, 0.05) is 17.1 Å². The quantitative estimate of drug-likeness (QED) is 0.805. The Hall–Kier alpha value is -0.640. The average molecular weight is 288 g/mol. The Bertz CT molecular complexity index is 415. The molecule has 0 aromatic heterocycles. The maximum atomic E-state index is 13.2. The standard InChI is InChI=1S/C15H23ClFNO/c1-11-9-12(13(16)10-14(11)17)5-7-19-8-6-18-15(2,3)4/h9-10,18H,5-8H2,1-4H3. The Morgan fingerprint density at radius 3 is 2.58 bits per heavy atom. The van der Waals surface area contributed by atoms with Crippen molar-refractivity contribution in [2.45, 2.75) is 39.7 Å². The first kappa shape index (κ1) is 16.4. The lowest BCUT2D eigenvalue weighted by atomic mass is 10.1. The van der Waals surface area contributed by atoms with Crippen LogP contribution < -0.4 is 5.32 Å². The molecule has 0 fully saturated rings. The van der Waals surface area contributed by atoms with Crippen LogP contribution in [0.15, 0.2) is 12.1 Å². The largest absolute Gasteiger partial charge is 0.380 e. The van der Waals surface area contributed by atoms with Crippen molar-refractivity contribution in [2.75, 3.05) is 19.8 Å². The molecule has 0 unspecified atom stereocenters. The first-order chi connectivity index (χ1) is 8.79. The van der Waals surface area contributed by atoms with E-state index in [1.807, 2.05) is 0 Å². The van der Waals surface area contributed by atoms with Crippen LogP contribution in [-0.4, -0.2) is 25.3 Å². The van der Waals surface area contributed by atoms with Crippen LogP contribution in [0.1, 0.15) is 31.9 Å². The molecule has 108 valence electrons. The van der Waals surface area contributed by atoms with Gasteiger partial charge in [-0.25, -0.2) is 4.39 Å². The summed E-state index contributed by atoms with van der Waals surface area (Å²) in [6.07, 6.45) is 0.704. The van der Waals surface area contributed by atoms with Crippen molar-refractivity contribution in [3.63, 3.8) is 0 Å². The van der Waals surface area contributed by atoms with Crippen molar-refractivity contribution in [2.24, 2.45) is 0 Å². The lowest BCUT2D eigenvalue weighted by molar-refractivity contribution is 0.133. The van der Waals surface area contributed by atoms with Crippen molar-refractivity contribution in [3.05, 3.63) is 34.1 Å². The second kappa shape index (κ2) is 7.22. The van der Waals surface area contributed by atoms with E-state index in [-0.39, 0.29) is 11.4 Å². The lowest BCUT2D eigenvalue weighted by Crippen LogP contribution is -2.38. The molecule has 0 bridgehead atoms. The molecule has 0 aliphatic heterocycles. The highest BCUT2D eigenvalue weighted by Gasteiger charge is 2.08. The highest BCUT2D eigenvalue weighted by Crippen LogP contribution is 2.20. The topological polar surface area (TPSA) is 21.3 Å². The zero-order valence-corrected chi connectivity index (χ0v) is 12.9. The van der Waals surface area contributed by atoms with Gasteiger partial charge in [0.15, 0.2) is 0 Å². The van der Waals surface area contributed by atoms with E-state index in [0.29, 0.717) is 30.2 Å². The van der Waals surface area contributed by atoms with Crippen LogP contribution in [-0.2, 0) is 11.2 Å². The van der Waals surface area contributed by atoms with Gasteiger partial charge in [-0.2, -0.15) is 0 Å². The zero-order valence-electron chi connectivity index (χ0n) is 12.1. The van der Waals surface area contributed by atoms with Gasteiger partial charge in [0.25, 0.3) is 0 Å². The Morgan fingerprint density at radius 2 is 1.95 bits per heavy atom. The van der Waals surface area contributed by atoms with E-state index < -0.39 is 0 Å². The molecule has 0 atom stereocenters. The molecular weight excluding hydrogens is 265 g/mol. The molecule has 1 aromatic carbocycles. The number of rotatable bonds is 6. The SMILES string of the molecule is Cc1cc(CCOCCNC(C)(C)C)c(Cl)cc1F. The molecule has 19 heavy (non-hydrogen) atoms. The fourth-order valence-corrected chi connectivity index (χ4v) is 1.94. The second-order valence-corrected chi connectivity index (χ2v) is 6.14. The highest BCUT2D eigenvalue weighted by molar-refractivity contribution is 6.31. The molecule has 1 aromatic rings. The molecule has 0 spiro atoms. The van der Waals surface area contributed by atoms with E-state index >= 15 is 0 Å². The normalized spacial score (nSPS) is 11.9. The van der Waals surface area contributed by atoms with E-state index in [0.717, 1.165) is 12.1 Å². The van der Waals surface area contributed by atoms with E-state index in [4.69, 9.17) is 16.3 Å². The maximum Gasteiger partial charge on any atom is 0.127 e. The van der Waals surface area contributed by atoms with Crippen LogP contribution >= 0.6 is 11.6 Å². The fraction of sp³-hybridized carbons (Fsp3) is 0.600. The van der Waals surface area contributed by atoms with Crippen LogP contribution in [0.4, 0.5) is 4.39 Å². The summed E-state index contributed by atoms with van der Waals surface area (Å²) in [7, 11) is 0. The van der Waals surface area contributed by atoms with Gasteiger partial charge in [-0.3, -0.25) is 0 Å². The lowest BCUT2D eigenvalue weighted by Gasteiger charge is -2.20. The van der Waals surface area contributed by atoms with Gasteiger partial charge in [-0.05, 0) is 51.3 Å². The van der Waals surface area contributed by atoms with Gasteiger partial charge >= 0.3 is 0 Å².